The Bertz CT molecular complexity index is 748. The van der Waals surface area contributed by atoms with Gasteiger partial charge in [-0.2, -0.15) is 0 Å². The number of benzene rings is 1. The summed E-state index contributed by atoms with van der Waals surface area (Å²) in [5.41, 5.74) is 8.26. The maximum Gasteiger partial charge on any atom is 0.222 e. The number of aromatic nitrogens is 1. The average Bonchev–Trinajstić information content (AvgIpc) is 2.63. The van der Waals surface area contributed by atoms with Crippen LogP contribution in [-0.4, -0.2) is 24.0 Å². The fraction of sp³-hybridized carbons (Fsp3) is 0.368. The number of nitrogens with zero attached hydrogens (tertiary/aromatic N) is 2. The van der Waals surface area contributed by atoms with Crippen LogP contribution in [0.2, 0.25) is 0 Å². The number of primary amides is 1. The van der Waals surface area contributed by atoms with E-state index in [0.29, 0.717) is 13.1 Å². The van der Waals surface area contributed by atoms with Crippen LogP contribution >= 0.6 is 0 Å². The summed E-state index contributed by atoms with van der Waals surface area (Å²) in [5.74, 6) is 0.265. The number of nitrogens with two attached hydrogens (primary N) is 1. The fourth-order valence-electron chi connectivity index (χ4n) is 3.12. The van der Waals surface area contributed by atoms with E-state index in [1.165, 1.54) is 6.07 Å². The van der Waals surface area contributed by atoms with Crippen molar-refractivity contribution in [3.63, 3.8) is 0 Å². The number of pyridine rings is 1. The number of piperidine rings is 1. The van der Waals surface area contributed by atoms with Crippen LogP contribution in [0.3, 0.4) is 0 Å². The molecule has 6 heteroatoms. The number of hydrogen-bond acceptors (Lipinski definition) is 4. The van der Waals surface area contributed by atoms with Crippen molar-refractivity contribution in [1.29, 1.82) is 0 Å². The van der Waals surface area contributed by atoms with Gasteiger partial charge in [-0.15, -0.1) is 0 Å². The number of carbonyl (C=O) groups is 1. The van der Waals surface area contributed by atoms with Gasteiger partial charge in [0.2, 0.25) is 5.91 Å². The molecule has 5 nitrogen and oxygen atoms in total. The first kappa shape index (κ1) is 17.2. The quantitative estimate of drug-likeness (QED) is 0.876. The van der Waals surface area contributed by atoms with E-state index in [1.807, 2.05) is 19.1 Å². The van der Waals surface area contributed by atoms with Crippen LogP contribution in [0.25, 0.3) is 0 Å². The summed E-state index contributed by atoms with van der Waals surface area (Å²) >= 11 is 0. The average molecular weight is 342 g/mol. The molecule has 2 aromatic rings. The third kappa shape index (κ3) is 4.26. The second kappa shape index (κ2) is 7.51. The summed E-state index contributed by atoms with van der Waals surface area (Å²) in [4.78, 5) is 18.0. The molecule has 132 valence electrons. The molecule has 1 fully saturated rings. The van der Waals surface area contributed by atoms with Crippen molar-refractivity contribution in [2.24, 2.45) is 11.7 Å². The number of hydrogen-bond donors (Lipinski definition) is 2. The van der Waals surface area contributed by atoms with Crippen LogP contribution in [-0.2, 0) is 11.3 Å². The second-order valence-corrected chi connectivity index (χ2v) is 6.52. The summed E-state index contributed by atoms with van der Waals surface area (Å²) in [6, 6.07) is 8.67. The van der Waals surface area contributed by atoms with Gasteiger partial charge in [-0.1, -0.05) is 6.07 Å². The molecular weight excluding hydrogens is 319 g/mol. The first-order valence-corrected chi connectivity index (χ1v) is 8.52. The predicted molar refractivity (Wildman–Crippen MR) is 96.8 cm³/mol. The molecule has 0 unspecified atom stereocenters. The number of carbonyl (C=O) groups excluding carboxylic acids is 1. The molecule has 0 aliphatic carbocycles. The van der Waals surface area contributed by atoms with E-state index in [4.69, 9.17) is 5.73 Å². The summed E-state index contributed by atoms with van der Waals surface area (Å²) in [6.45, 7) is 4.00. The van der Waals surface area contributed by atoms with Crippen LogP contribution in [0, 0.1) is 18.7 Å². The Kier molecular flexibility index (Phi) is 5.16. The van der Waals surface area contributed by atoms with Crippen molar-refractivity contribution in [3.8, 4) is 0 Å². The Labute approximate surface area is 147 Å². The zero-order valence-electron chi connectivity index (χ0n) is 14.3. The van der Waals surface area contributed by atoms with Gasteiger partial charge in [0.05, 0.1) is 17.8 Å². The molecule has 1 aliphatic rings. The summed E-state index contributed by atoms with van der Waals surface area (Å²) in [7, 11) is 0. The van der Waals surface area contributed by atoms with E-state index in [0.717, 1.165) is 42.0 Å². The molecule has 0 bridgehead atoms. The summed E-state index contributed by atoms with van der Waals surface area (Å²) in [6.07, 6.45) is 3.55. The third-order valence-corrected chi connectivity index (χ3v) is 4.69. The van der Waals surface area contributed by atoms with E-state index < -0.39 is 0 Å². The van der Waals surface area contributed by atoms with Gasteiger partial charge in [-0.25, -0.2) is 9.37 Å². The molecule has 25 heavy (non-hydrogen) atoms. The smallest absolute Gasteiger partial charge is 0.222 e. The predicted octanol–water partition coefficient (Wildman–Crippen LogP) is 2.84. The highest BCUT2D eigenvalue weighted by molar-refractivity contribution is 5.77. The zero-order valence-corrected chi connectivity index (χ0v) is 14.3. The Morgan fingerprint density at radius 1 is 1.40 bits per heavy atom. The monoisotopic (exact) mass is 342 g/mol. The van der Waals surface area contributed by atoms with Crippen LogP contribution < -0.4 is 16.0 Å². The van der Waals surface area contributed by atoms with Crippen molar-refractivity contribution in [3.05, 3.63) is 53.5 Å². The summed E-state index contributed by atoms with van der Waals surface area (Å²) in [5, 5.41) is 3.26. The standard InChI is InChI=1S/C19H23FN4O/c1-13-4-5-16(20)9-15(13)10-22-17-6-7-18(23-11-17)24-8-2-3-14(12-24)19(21)25/h4-7,9,11,14,22H,2-3,8,10,12H2,1H3,(H2,21,25)/t14-/m1/s1. The van der Waals surface area contributed by atoms with Crippen molar-refractivity contribution < 1.29 is 9.18 Å². The van der Waals surface area contributed by atoms with Gasteiger partial charge in [0.15, 0.2) is 0 Å². The lowest BCUT2D eigenvalue weighted by Crippen LogP contribution is -2.41. The van der Waals surface area contributed by atoms with Gasteiger partial charge in [-0.05, 0) is 55.2 Å². The van der Waals surface area contributed by atoms with Crippen LogP contribution in [0.15, 0.2) is 36.5 Å². The largest absolute Gasteiger partial charge is 0.380 e. The molecule has 1 aromatic carbocycles. The molecule has 1 aliphatic heterocycles. The molecule has 3 rings (SSSR count). The lowest BCUT2D eigenvalue weighted by atomic mass is 9.97. The highest BCUT2D eigenvalue weighted by Gasteiger charge is 2.24. The van der Waals surface area contributed by atoms with Crippen molar-refractivity contribution in [2.45, 2.75) is 26.3 Å². The van der Waals surface area contributed by atoms with E-state index in [1.54, 1.807) is 18.3 Å². The van der Waals surface area contributed by atoms with Gasteiger partial charge in [0.25, 0.3) is 0 Å². The number of halogens is 1. The first-order chi connectivity index (χ1) is 12.0. The number of rotatable bonds is 5. The third-order valence-electron chi connectivity index (χ3n) is 4.69. The van der Waals surface area contributed by atoms with Crippen LogP contribution in [0.5, 0.6) is 0 Å². The SMILES string of the molecule is Cc1ccc(F)cc1CNc1ccc(N2CCC[C@@H](C(N)=O)C2)nc1. The topological polar surface area (TPSA) is 71.2 Å². The number of anilines is 2. The van der Waals surface area contributed by atoms with E-state index >= 15 is 0 Å². The van der Waals surface area contributed by atoms with Gasteiger partial charge in [-0.3, -0.25) is 4.79 Å². The molecule has 0 saturated carbocycles. The van der Waals surface area contributed by atoms with Gasteiger partial charge >= 0.3 is 0 Å². The van der Waals surface area contributed by atoms with Crippen molar-refractivity contribution in [1.82, 2.24) is 4.98 Å². The molecule has 1 saturated heterocycles. The van der Waals surface area contributed by atoms with E-state index in [-0.39, 0.29) is 17.6 Å². The molecule has 1 atom stereocenters. The Morgan fingerprint density at radius 2 is 2.24 bits per heavy atom. The first-order valence-electron chi connectivity index (χ1n) is 8.52. The van der Waals surface area contributed by atoms with Crippen LogP contribution in [0.1, 0.15) is 24.0 Å². The molecule has 1 amide bonds. The molecule has 2 heterocycles. The fourth-order valence-corrected chi connectivity index (χ4v) is 3.12. The minimum absolute atomic E-state index is 0.107. The maximum atomic E-state index is 13.3. The van der Waals surface area contributed by atoms with Gasteiger partial charge in [0, 0.05) is 19.6 Å². The molecular formula is C19H23FN4O. The maximum absolute atomic E-state index is 13.3. The van der Waals surface area contributed by atoms with Crippen molar-refractivity contribution in [2.75, 3.05) is 23.3 Å². The number of aryl methyl sites for hydroxylation is 1. The molecule has 0 spiro atoms. The normalized spacial score (nSPS) is 17.4. The van der Waals surface area contributed by atoms with E-state index in [2.05, 4.69) is 15.2 Å². The minimum Gasteiger partial charge on any atom is -0.380 e. The Balaban J connectivity index is 1.62. The van der Waals surface area contributed by atoms with Crippen LogP contribution in [0.4, 0.5) is 15.9 Å². The molecule has 3 N–H and O–H groups in total. The lowest BCUT2D eigenvalue weighted by Gasteiger charge is -2.32. The number of amides is 1. The minimum atomic E-state index is -0.242. The molecule has 1 aromatic heterocycles. The van der Waals surface area contributed by atoms with Gasteiger partial charge < -0.3 is 16.0 Å². The summed E-state index contributed by atoms with van der Waals surface area (Å²) < 4.78 is 13.3. The Hall–Kier alpha value is -2.63. The second-order valence-electron chi connectivity index (χ2n) is 6.52. The zero-order chi connectivity index (χ0) is 17.8. The highest BCUT2D eigenvalue weighted by Crippen LogP contribution is 2.22. The Morgan fingerprint density at radius 3 is 2.96 bits per heavy atom. The van der Waals surface area contributed by atoms with E-state index in [9.17, 15) is 9.18 Å². The van der Waals surface area contributed by atoms with Gasteiger partial charge in [0.1, 0.15) is 11.6 Å². The van der Waals surface area contributed by atoms with Crippen molar-refractivity contribution >= 4 is 17.4 Å². The molecule has 0 radical (unpaired) electrons. The lowest BCUT2D eigenvalue weighted by molar-refractivity contribution is -0.122. The highest BCUT2D eigenvalue weighted by atomic mass is 19.1. The number of nitrogens with one attached hydrogen (secondary N) is 1.